The maximum absolute atomic E-state index is 3.47. The number of aryl methyl sites for hydroxylation is 1. The average molecular weight is 250 g/mol. The lowest BCUT2D eigenvalue weighted by Gasteiger charge is -2.43. The van der Waals surface area contributed by atoms with Crippen molar-refractivity contribution in [1.29, 1.82) is 0 Å². The van der Waals surface area contributed by atoms with Crippen molar-refractivity contribution in [2.24, 2.45) is 5.92 Å². The summed E-state index contributed by atoms with van der Waals surface area (Å²) < 4.78 is 0. The van der Waals surface area contributed by atoms with Crippen LogP contribution in [0.4, 0.5) is 0 Å². The van der Waals surface area contributed by atoms with E-state index >= 15 is 0 Å². The highest BCUT2D eigenvalue weighted by Crippen LogP contribution is 2.44. The normalized spacial score (nSPS) is 24.5. The molecule has 0 radical (unpaired) electrons. The molecule has 1 aliphatic carbocycles. The van der Waals surface area contributed by atoms with Gasteiger partial charge in [0.2, 0.25) is 0 Å². The molecule has 1 saturated heterocycles. The molecular formula is C14H22N2S. The Labute approximate surface area is 108 Å². The largest absolute Gasteiger partial charge is 0.314 e. The van der Waals surface area contributed by atoms with E-state index in [4.69, 9.17) is 0 Å². The highest BCUT2D eigenvalue weighted by atomic mass is 32.1. The van der Waals surface area contributed by atoms with Gasteiger partial charge in [-0.25, -0.2) is 0 Å². The Morgan fingerprint density at radius 1 is 1.35 bits per heavy atom. The van der Waals surface area contributed by atoms with Crippen LogP contribution in [-0.4, -0.2) is 31.1 Å². The topological polar surface area (TPSA) is 15.3 Å². The highest BCUT2D eigenvalue weighted by molar-refractivity contribution is 7.10. The number of piperazine rings is 1. The molecule has 3 heteroatoms. The van der Waals surface area contributed by atoms with E-state index in [1.54, 1.807) is 4.88 Å². The van der Waals surface area contributed by atoms with Crippen LogP contribution in [0.5, 0.6) is 0 Å². The first-order valence-corrected chi connectivity index (χ1v) is 7.73. The molecule has 3 rings (SSSR count). The molecule has 2 heterocycles. The van der Waals surface area contributed by atoms with Crippen LogP contribution in [0.25, 0.3) is 0 Å². The molecule has 2 nitrogen and oxygen atoms in total. The van der Waals surface area contributed by atoms with Gasteiger partial charge in [-0.3, -0.25) is 4.90 Å². The third kappa shape index (κ3) is 2.28. The summed E-state index contributed by atoms with van der Waals surface area (Å²) in [6, 6.07) is 3.00. The fraction of sp³-hybridized carbons (Fsp3) is 0.714. The fourth-order valence-electron chi connectivity index (χ4n) is 3.08. The maximum atomic E-state index is 3.47. The smallest absolute Gasteiger partial charge is 0.0473 e. The van der Waals surface area contributed by atoms with E-state index in [1.807, 2.05) is 11.3 Å². The zero-order valence-corrected chi connectivity index (χ0v) is 11.4. The molecule has 2 fully saturated rings. The van der Waals surface area contributed by atoms with Gasteiger partial charge in [0.05, 0.1) is 0 Å². The van der Waals surface area contributed by atoms with Crippen molar-refractivity contribution in [2.75, 3.05) is 26.2 Å². The van der Waals surface area contributed by atoms with Gasteiger partial charge in [0.15, 0.2) is 0 Å². The molecule has 1 aromatic rings. The van der Waals surface area contributed by atoms with Crippen LogP contribution < -0.4 is 5.32 Å². The lowest BCUT2D eigenvalue weighted by atomic mass is 9.78. The number of nitrogens with one attached hydrogen (secondary N) is 1. The molecule has 0 amide bonds. The Kier molecular flexibility index (Phi) is 3.50. The first-order valence-electron chi connectivity index (χ1n) is 6.85. The molecule has 94 valence electrons. The summed E-state index contributed by atoms with van der Waals surface area (Å²) in [5.41, 5.74) is 1.51. The van der Waals surface area contributed by atoms with Crippen LogP contribution in [-0.2, 0) is 0 Å². The second-order valence-corrected chi connectivity index (χ2v) is 6.34. The van der Waals surface area contributed by atoms with E-state index in [2.05, 4.69) is 28.6 Å². The SMILES string of the molecule is Cc1ccsc1[C@H](C1CCC1)N1CCNCC1. The fourth-order valence-corrected chi connectivity index (χ4v) is 4.24. The van der Waals surface area contributed by atoms with Gasteiger partial charge in [0, 0.05) is 37.1 Å². The maximum Gasteiger partial charge on any atom is 0.0473 e. The standard InChI is InChI=1S/C14H22N2S/c1-11-5-10-17-14(11)13(12-3-2-4-12)16-8-6-15-7-9-16/h5,10,12-13,15H,2-4,6-9H2,1H3/t13-/m0/s1. The van der Waals surface area contributed by atoms with Crippen molar-refractivity contribution < 1.29 is 0 Å². The molecule has 1 aliphatic heterocycles. The van der Waals surface area contributed by atoms with E-state index in [0.29, 0.717) is 6.04 Å². The average Bonchev–Trinajstić information content (AvgIpc) is 2.71. The third-order valence-electron chi connectivity index (χ3n) is 4.31. The van der Waals surface area contributed by atoms with Gasteiger partial charge in [-0.15, -0.1) is 11.3 Å². The summed E-state index contributed by atoms with van der Waals surface area (Å²) in [7, 11) is 0. The van der Waals surface area contributed by atoms with Gasteiger partial charge in [-0.2, -0.15) is 0 Å². The second-order valence-electron chi connectivity index (χ2n) is 5.39. The summed E-state index contributed by atoms with van der Waals surface area (Å²) in [5, 5.41) is 5.73. The van der Waals surface area contributed by atoms with Crippen molar-refractivity contribution in [2.45, 2.75) is 32.2 Å². The number of rotatable bonds is 3. The lowest BCUT2D eigenvalue weighted by Crippen LogP contribution is -2.47. The second kappa shape index (κ2) is 5.09. The summed E-state index contributed by atoms with van der Waals surface area (Å²) in [4.78, 5) is 4.36. The minimum Gasteiger partial charge on any atom is -0.314 e. The predicted molar refractivity (Wildman–Crippen MR) is 73.6 cm³/mol. The Bertz CT molecular complexity index is 364. The van der Waals surface area contributed by atoms with Crippen molar-refractivity contribution in [3.8, 4) is 0 Å². The summed E-state index contributed by atoms with van der Waals surface area (Å²) >= 11 is 1.97. The molecule has 0 aromatic carbocycles. The van der Waals surface area contributed by atoms with Gasteiger partial charge in [0.25, 0.3) is 0 Å². The van der Waals surface area contributed by atoms with Crippen LogP contribution in [0.2, 0.25) is 0 Å². The Balaban J connectivity index is 1.83. The van der Waals surface area contributed by atoms with Crippen molar-refractivity contribution in [3.63, 3.8) is 0 Å². The molecule has 1 saturated carbocycles. The summed E-state index contributed by atoms with van der Waals surface area (Å²) in [6.45, 7) is 7.04. The van der Waals surface area contributed by atoms with Crippen LogP contribution >= 0.6 is 11.3 Å². The molecule has 0 unspecified atom stereocenters. The monoisotopic (exact) mass is 250 g/mol. The number of thiophene rings is 1. The molecule has 0 bridgehead atoms. The number of hydrogen-bond acceptors (Lipinski definition) is 3. The van der Waals surface area contributed by atoms with E-state index in [9.17, 15) is 0 Å². The van der Waals surface area contributed by atoms with Crippen LogP contribution in [0.15, 0.2) is 11.4 Å². The summed E-state index contributed by atoms with van der Waals surface area (Å²) in [5.74, 6) is 0.922. The van der Waals surface area contributed by atoms with E-state index in [-0.39, 0.29) is 0 Å². The Morgan fingerprint density at radius 3 is 2.65 bits per heavy atom. The molecule has 17 heavy (non-hydrogen) atoms. The van der Waals surface area contributed by atoms with Crippen LogP contribution in [0, 0.1) is 12.8 Å². The minimum atomic E-state index is 0.714. The van der Waals surface area contributed by atoms with Gasteiger partial charge in [0.1, 0.15) is 0 Å². The Hall–Kier alpha value is -0.380. The van der Waals surface area contributed by atoms with Crippen molar-refractivity contribution >= 4 is 11.3 Å². The zero-order chi connectivity index (χ0) is 11.7. The number of nitrogens with zero attached hydrogens (tertiary/aromatic N) is 1. The van der Waals surface area contributed by atoms with Gasteiger partial charge >= 0.3 is 0 Å². The van der Waals surface area contributed by atoms with E-state index < -0.39 is 0 Å². The molecule has 2 aliphatic rings. The minimum absolute atomic E-state index is 0.714. The number of hydrogen-bond donors (Lipinski definition) is 1. The summed E-state index contributed by atoms with van der Waals surface area (Å²) in [6.07, 6.45) is 4.32. The van der Waals surface area contributed by atoms with Crippen molar-refractivity contribution in [3.05, 3.63) is 21.9 Å². The quantitative estimate of drug-likeness (QED) is 0.887. The van der Waals surface area contributed by atoms with Gasteiger partial charge < -0.3 is 5.32 Å². The zero-order valence-electron chi connectivity index (χ0n) is 10.6. The molecule has 1 aromatic heterocycles. The predicted octanol–water partition coefficient (Wildman–Crippen LogP) is 2.80. The lowest BCUT2D eigenvalue weighted by molar-refractivity contribution is 0.0857. The van der Waals surface area contributed by atoms with E-state index in [0.717, 1.165) is 19.0 Å². The van der Waals surface area contributed by atoms with Crippen LogP contribution in [0.3, 0.4) is 0 Å². The Morgan fingerprint density at radius 2 is 2.12 bits per heavy atom. The van der Waals surface area contributed by atoms with Gasteiger partial charge in [-0.1, -0.05) is 6.42 Å². The molecule has 1 N–H and O–H groups in total. The van der Waals surface area contributed by atoms with Crippen LogP contribution in [0.1, 0.15) is 35.7 Å². The highest BCUT2D eigenvalue weighted by Gasteiger charge is 2.34. The van der Waals surface area contributed by atoms with Gasteiger partial charge in [-0.05, 0) is 42.7 Å². The first-order chi connectivity index (χ1) is 8.36. The van der Waals surface area contributed by atoms with E-state index in [1.165, 1.54) is 37.9 Å². The first kappa shape index (κ1) is 11.7. The molecule has 1 atom stereocenters. The molecular weight excluding hydrogens is 228 g/mol. The van der Waals surface area contributed by atoms with Crippen molar-refractivity contribution in [1.82, 2.24) is 10.2 Å². The third-order valence-corrected chi connectivity index (χ3v) is 5.40. The molecule has 0 spiro atoms.